The van der Waals surface area contributed by atoms with Crippen LogP contribution in [0.4, 0.5) is 0 Å². The number of aliphatic hydroxyl groups is 1. The molecule has 1 aliphatic rings. The predicted molar refractivity (Wildman–Crippen MR) is 83.3 cm³/mol. The molecular formula is C17H23N3O2. The van der Waals surface area contributed by atoms with Crippen molar-refractivity contribution >= 4 is 0 Å². The van der Waals surface area contributed by atoms with Crippen LogP contribution in [0.1, 0.15) is 29.6 Å². The molecule has 0 amide bonds. The van der Waals surface area contributed by atoms with Gasteiger partial charge in [-0.25, -0.2) is 0 Å². The summed E-state index contributed by atoms with van der Waals surface area (Å²) in [6.45, 7) is 6.37. The molecule has 1 saturated heterocycles. The van der Waals surface area contributed by atoms with Gasteiger partial charge in [-0.1, -0.05) is 18.1 Å². The molecule has 0 bridgehead atoms. The topological polar surface area (TPSA) is 62.4 Å². The van der Waals surface area contributed by atoms with Crippen LogP contribution in [0.15, 0.2) is 28.9 Å². The number of aliphatic hydroxyl groups excluding tert-OH is 1. The standard InChI is InChI=1S/C17H23N3O2/c1-3-13-4-5-15(18-8-13)10-20-9-14(17(21)11-20)7-16-6-12(2)19-22-16/h4-6,8,14,17,21H,3,7,9-11H2,1-2H3/t14-,17+/m1/s1. The molecule has 1 aliphatic heterocycles. The molecule has 5 nitrogen and oxygen atoms in total. The van der Waals surface area contributed by atoms with Crippen molar-refractivity contribution in [3.63, 3.8) is 0 Å². The summed E-state index contributed by atoms with van der Waals surface area (Å²) >= 11 is 0. The van der Waals surface area contributed by atoms with E-state index in [0.717, 1.165) is 43.1 Å². The van der Waals surface area contributed by atoms with E-state index in [1.54, 1.807) is 0 Å². The van der Waals surface area contributed by atoms with Gasteiger partial charge in [0.05, 0.1) is 17.5 Å². The molecule has 0 aromatic carbocycles. The quantitative estimate of drug-likeness (QED) is 0.915. The second-order valence-corrected chi connectivity index (χ2v) is 6.17. The van der Waals surface area contributed by atoms with Gasteiger partial charge >= 0.3 is 0 Å². The lowest BCUT2D eigenvalue weighted by Crippen LogP contribution is -2.22. The Balaban J connectivity index is 1.57. The second kappa shape index (κ2) is 6.58. The van der Waals surface area contributed by atoms with Crippen molar-refractivity contribution in [2.24, 2.45) is 5.92 Å². The summed E-state index contributed by atoms with van der Waals surface area (Å²) in [5.74, 6) is 1.05. The maximum Gasteiger partial charge on any atom is 0.137 e. The van der Waals surface area contributed by atoms with Crippen LogP contribution in [0.3, 0.4) is 0 Å². The zero-order valence-electron chi connectivity index (χ0n) is 13.2. The minimum atomic E-state index is -0.319. The minimum Gasteiger partial charge on any atom is -0.391 e. The van der Waals surface area contributed by atoms with Gasteiger partial charge < -0.3 is 9.63 Å². The Morgan fingerprint density at radius 3 is 2.86 bits per heavy atom. The van der Waals surface area contributed by atoms with Crippen LogP contribution in [0.2, 0.25) is 0 Å². The van der Waals surface area contributed by atoms with E-state index in [-0.39, 0.29) is 12.0 Å². The van der Waals surface area contributed by atoms with Gasteiger partial charge in [0, 0.05) is 44.2 Å². The van der Waals surface area contributed by atoms with Gasteiger partial charge in [-0.15, -0.1) is 0 Å². The number of aryl methyl sites for hydroxylation is 2. The van der Waals surface area contributed by atoms with Gasteiger partial charge in [-0.2, -0.15) is 0 Å². The highest BCUT2D eigenvalue weighted by atomic mass is 16.5. The molecule has 1 fully saturated rings. The number of β-amino-alcohol motifs (C(OH)–C–C–N with tert-alkyl or cyclic N) is 1. The molecule has 2 aromatic rings. The zero-order chi connectivity index (χ0) is 15.5. The van der Waals surface area contributed by atoms with Crippen molar-refractivity contribution in [3.8, 4) is 0 Å². The Morgan fingerprint density at radius 2 is 2.23 bits per heavy atom. The minimum absolute atomic E-state index is 0.197. The Labute approximate surface area is 131 Å². The van der Waals surface area contributed by atoms with Gasteiger partial charge in [0.25, 0.3) is 0 Å². The van der Waals surface area contributed by atoms with E-state index in [0.29, 0.717) is 6.54 Å². The van der Waals surface area contributed by atoms with Crippen molar-refractivity contribution in [1.82, 2.24) is 15.0 Å². The number of likely N-dealkylation sites (tertiary alicyclic amines) is 1. The highest BCUT2D eigenvalue weighted by molar-refractivity contribution is 5.14. The number of pyridine rings is 1. The van der Waals surface area contributed by atoms with E-state index in [1.165, 1.54) is 5.56 Å². The third kappa shape index (κ3) is 3.54. The summed E-state index contributed by atoms with van der Waals surface area (Å²) in [5, 5.41) is 14.2. The number of hydrogen-bond acceptors (Lipinski definition) is 5. The van der Waals surface area contributed by atoms with Crippen LogP contribution in [-0.2, 0) is 19.4 Å². The summed E-state index contributed by atoms with van der Waals surface area (Å²) < 4.78 is 5.26. The average molecular weight is 301 g/mol. The molecule has 2 atom stereocenters. The molecule has 118 valence electrons. The third-order valence-corrected chi connectivity index (χ3v) is 4.30. The van der Waals surface area contributed by atoms with Crippen molar-refractivity contribution in [1.29, 1.82) is 0 Å². The van der Waals surface area contributed by atoms with E-state index in [4.69, 9.17) is 4.52 Å². The normalized spacial score (nSPS) is 22.3. The van der Waals surface area contributed by atoms with E-state index >= 15 is 0 Å². The number of aromatic nitrogens is 2. The molecule has 0 unspecified atom stereocenters. The van der Waals surface area contributed by atoms with Gasteiger partial charge in [0.15, 0.2) is 0 Å². The first-order valence-corrected chi connectivity index (χ1v) is 7.90. The molecule has 3 heterocycles. The smallest absolute Gasteiger partial charge is 0.137 e. The van der Waals surface area contributed by atoms with Gasteiger partial charge in [0.2, 0.25) is 0 Å². The number of nitrogens with zero attached hydrogens (tertiary/aromatic N) is 3. The molecule has 2 aromatic heterocycles. The fourth-order valence-electron chi connectivity index (χ4n) is 3.03. The SMILES string of the molecule is CCc1ccc(CN2C[C@@H](Cc3cc(C)no3)[C@@H](O)C2)nc1. The molecular weight excluding hydrogens is 278 g/mol. The summed E-state index contributed by atoms with van der Waals surface area (Å²) in [4.78, 5) is 6.76. The highest BCUT2D eigenvalue weighted by Crippen LogP contribution is 2.23. The maximum absolute atomic E-state index is 10.3. The zero-order valence-corrected chi connectivity index (χ0v) is 13.2. The lowest BCUT2D eigenvalue weighted by atomic mass is 10.0. The lowest BCUT2D eigenvalue weighted by molar-refractivity contribution is 0.137. The Hall–Kier alpha value is -1.72. The third-order valence-electron chi connectivity index (χ3n) is 4.30. The number of rotatable bonds is 5. The Kier molecular flexibility index (Phi) is 4.55. The van der Waals surface area contributed by atoms with Gasteiger partial charge in [-0.3, -0.25) is 9.88 Å². The molecule has 22 heavy (non-hydrogen) atoms. The average Bonchev–Trinajstić information content (AvgIpc) is 3.06. The van der Waals surface area contributed by atoms with Crippen molar-refractivity contribution in [2.45, 2.75) is 39.3 Å². The van der Waals surface area contributed by atoms with Crippen molar-refractivity contribution in [2.75, 3.05) is 13.1 Å². The summed E-state index contributed by atoms with van der Waals surface area (Å²) in [7, 11) is 0. The first-order valence-electron chi connectivity index (χ1n) is 7.90. The van der Waals surface area contributed by atoms with E-state index in [2.05, 4.69) is 34.1 Å². The Morgan fingerprint density at radius 1 is 1.36 bits per heavy atom. The molecule has 5 heteroatoms. The van der Waals surface area contributed by atoms with E-state index in [9.17, 15) is 5.11 Å². The molecule has 0 spiro atoms. The first kappa shape index (κ1) is 15.2. The largest absolute Gasteiger partial charge is 0.391 e. The molecule has 0 saturated carbocycles. The Bertz CT molecular complexity index is 609. The lowest BCUT2D eigenvalue weighted by Gasteiger charge is -2.14. The van der Waals surface area contributed by atoms with Crippen LogP contribution in [0, 0.1) is 12.8 Å². The van der Waals surface area contributed by atoms with Crippen LogP contribution >= 0.6 is 0 Å². The predicted octanol–water partition coefficient (Wildman–Crippen LogP) is 1.98. The molecule has 0 aliphatic carbocycles. The summed E-state index contributed by atoms with van der Waals surface area (Å²) in [6.07, 6.45) is 3.37. The van der Waals surface area contributed by atoms with Crippen LogP contribution < -0.4 is 0 Å². The van der Waals surface area contributed by atoms with E-state index in [1.807, 2.05) is 19.2 Å². The molecule has 0 radical (unpaired) electrons. The van der Waals surface area contributed by atoms with Crippen LogP contribution in [-0.4, -0.2) is 39.3 Å². The van der Waals surface area contributed by atoms with Gasteiger partial charge in [-0.05, 0) is 25.0 Å². The van der Waals surface area contributed by atoms with E-state index < -0.39 is 0 Å². The fraction of sp³-hybridized carbons (Fsp3) is 0.529. The monoisotopic (exact) mass is 301 g/mol. The number of hydrogen-bond donors (Lipinski definition) is 1. The highest BCUT2D eigenvalue weighted by Gasteiger charge is 2.32. The van der Waals surface area contributed by atoms with Gasteiger partial charge in [0.1, 0.15) is 5.76 Å². The van der Waals surface area contributed by atoms with Crippen LogP contribution in [0.25, 0.3) is 0 Å². The summed E-state index contributed by atoms with van der Waals surface area (Å²) in [5.41, 5.74) is 3.20. The summed E-state index contributed by atoms with van der Waals surface area (Å²) in [6, 6.07) is 6.16. The fourth-order valence-corrected chi connectivity index (χ4v) is 3.03. The maximum atomic E-state index is 10.3. The second-order valence-electron chi connectivity index (χ2n) is 6.17. The van der Waals surface area contributed by atoms with Crippen molar-refractivity contribution in [3.05, 3.63) is 47.1 Å². The molecule has 1 N–H and O–H groups in total. The molecule has 3 rings (SSSR count). The van der Waals surface area contributed by atoms with Crippen molar-refractivity contribution < 1.29 is 9.63 Å². The first-order chi connectivity index (χ1) is 10.6. The van der Waals surface area contributed by atoms with Crippen LogP contribution in [0.5, 0.6) is 0 Å².